The van der Waals surface area contributed by atoms with Crippen LogP contribution in [0.15, 0.2) is 30.3 Å². The van der Waals surface area contributed by atoms with Crippen LogP contribution in [0.3, 0.4) is 0 Å². The minimum Gasteiger partial charge on any atom is -0.310 e. The molecule has 1 nitrogen and oxygen atoms in total. The molecule has 0 amide bonds. The van der Waals surface area contributed by atoms with Gasteiger partial charge in [-0.3, -0.25) is 0 Å². The molecule has 3 rings (SSSR count). The fourth-order valence-electron chi connectivity index (χ4n) is 2.80. The molecule has 1 N–H and O–H groups in total. The molecule has 0 saturated heterocycles. The van der Waals surface area contributed by atoms with Crippen molar-refractivity contribution < 1.29 is 0 Å². The van der Waals surface area contributed by atoms with Gasteiger partial charge in [-0.1, -0.05) is 41.4 Å². The van der Waals surface area contributed by atoms with Crippen LogP contribution in [0, 0.1) is 6.92 Å². The molecule has 0 fully saturated rings. The second-order valence-corrected chi connectivity index (χ2v) is 6.98. The third kappa shape index (κ3) is 3.02. The average Bonchev–Trinajstić information content (AvgIpc) is 2.90. The van der Waals surface area contributed by atoms with Crippen molar-refractivity contribution in [1.82, 2.24) is 5.32 Å². The lowest BCUT2D eigenvalue weighted by Gasteiger charge is -2.13. The van der Waals surface area contributed by atoms with Gasteiger partial charge in [0, 0.05) is 10.9 Å². The molecule has 100 valence electrons. The van der Waals surface area contributed by atoms with Gasteiger partial charge in [0.05, 0.1) is 4.34 Å². The predicted molar refractivity (Wildman–Crippen MR) is 83.3 cm³/mol. The van der Waals surface area contributed by atoms with Crippen molar-refractivity contribution >= 4 is 22.9 Å². The highest BCUT2D eigenvalue weighted by molar-refractivity contribution is 7.16. The number of fused-ring (bicyclic) bond motifs is 1. The monoisotopic (exact) mass is 291 g/mol. The van der Waals surface area contributed by atoms with Crippen LogP contribution in [-0.4, -0.2) is 6.54 Å². The summed E-state index contributed by atoms with van der Waals surface area (Å²) in [6, 6.07) is 11.4. The molecular formula is C16H18ClNS. The highest BCUT2D eigenvalue weighted by Crippen LogP contribution is 2.39. The minimum absolute atomic E-state index is 0.503. The Morgan fingerprint density at radius 1 is 1.37 bits per heavy atom. The molecule has 3 heteroatoms. The number of benzene rings is 1. The second-order valence-electron chi connectivity index (χ2n) is 5.21. The molecule has 1 aliphatic carbocycles. The fourth-order valence-corrected chi connectivity index (χ4v) is 4.16. The van der Waals surface area contributed by atoms with Gasteiger partial charge in [0.2, 0.25) is 0 Å². The van der Waals surface area contributed by atoms with Crippen LogP contribution in [0.1, 0.15) is 34.0 Å². The molecule has 0 radical (unpaired) electrons. The summed E-state index contributed by atoms with van der Waals surface area (Å²) in [5.41, 5.74) is 4.18. The SMILES string of the molecule is Cc1cccc(CCNC2CCc3sc(Cl)cc32)c1. The Morgan fingerprint density at radius 3 is 3.11 bits per heavy atom. The van der Waals surface area contributed by atoms with Crippen molar-refractivity contribution in [1.29, 1.82) is 0 Å². The van der Waals surface area contributed by atoms with E-state index in [9.17, 15) is 0 Å². The van der Waals surface area contributed by atoms with E-state index in [-0.39, 0.29) is 0 Å². The van der Waals surface area contributed by atoms with E-state index in [1.54, 1.807) is 11.3 Å². The highest BCUT2D eigenvalue weighted by atomic mass is 35.5. The molecule has 1 aromatic heterocycles. The van der Waals surface area contributed by atoms with Crippen molar-refractivity contribution in [3.8, 4) is 0 Å². The van der Waals surface area contributed by atoms with Crippen LogP contribution in [0.2, 0.25) is 4.34 Å². The Kier molecular flexibility index (Phi) is 3.92. The fraction of sp³-hybridized carbons (Fsp3) is 0.375. The molecule has 0 bridgehead atoms. The molecular weight excluding hydrogens is 274 g/mol. The normalized spacial score (nSPS) is 17.7. The van der Waals surface area contributed by atoms with Gasteiger partial charge in [-0.2, -0.15) is 0 Å². The van der Waals surface area contributed by atoms with Crippen molar-refractivity contribution in [2.45, 2.75) is 32.2 Å². The Labute approximate surface area is 123 Å². The van der Waals surface area contributed by atoms with Crippen LogP contribution in [0.4, 0.5) is 0 Å². The van der Waals surface area contributed by atoms with Gasteiger partial charge in [0.1, 0.15) is 0 Å². The summed E-state index contributed by atoms with van der Waals surface area (Å²) in [7, 11) is 0. The van der Waals surface area contributed by atoms with Gasteiger partial charge in [0.15, 0.2) is 0 Å². The van der Waals surface area contributed by atoms with Gasteiger partial charge >= 0.3 is 0 Å². The summed E-state index contributed by atoms with van der Waals surface area (Å²) in [4.78, 5) is 1.47. The summed E-state index contributed by atoms with van der Waals surface area (Å²) in [5.74, 6) is 0. The number of rotatable bonds is 4. The van der Waals surface area contributed by atoms with E-state index in [0.717, 1.165) is 17.3 Å². The molecule has 1 aliphatic rings. The van der Waals surface area contributed by atoms with Gasteiger partial charge in [0.25, 0.3) is 0 Å². The summed E-state index contributed by atoms with van der Waals surface area (Å²) < 4.78 is 0.926. The van der Waals surface area contributed by atoms with Gasteiger partial charge in [-0.05, 0) is 49.9 Å². The lowest BCUT2D eigenvalue weighted by molar-refractivity contribution is 0.533. The summed E-state index contributed by atoms with van der Waals surface area (Å²) >= 11 is 7.82. The van der Waals surface area contributed by atoms with Gasteiger partial charge in [-0.15, -0.1) is 11.3 Å². The zero-order valence-corrected chi connectivity index (χ0v) is 12.7. The van der Waals surface area contributed by atoms with Crippen molar-refractivity contribution in [2.75, 3.05) is 6.54 Å². The van der Waals surface area contributed by atoms with Crippen molar-refractivity contribution in [2.24, 2.45) is 0 Å². The highest BCUT2D eigenvalue weighted by Gasteiger charge is 2.24. The number of thiophene rings is 1. The Balaban J connectivity index is 1.56. The van der Waals surface area contributed by atoms with Crippen molar-refractivity contribution in [3.63, 3.8) is 0 Å². The van der Waals surface area contributed by atoms with Crippen LogP contribution >= 0.6 is 22.9 Å². The topological polar surface area (TPSA) is 12.0 Å². The molecule has 1 atom stereocenters. The average molecular weight is 292 g/mol. The van der Waals surface area contributed by atoms with E-state index in [4.69, 9.17) is 11.6 Å². The molecule has 1 aromatic carbocycles. The van der Waals surface area contributed by atoms with Crippen LogP contribution in [-0.2, 0) is 12.8 Å². The van der Waals surface area contributed by atoms with E-state index >= 15 is 0 Å². The summed E-state index contributed by atoms with van der Waals surface area (Å²) in [6.07, 6.45) is 3.48. The number of hydrogen-bond donors (Lipinski definition) is 1. The van der Waals surface area contributed by atoms with Gasteiger partial charge < -0.3 is 5.32 Å². The van der Waals surface area contributed by atoms with E-state index in [2.05, 4.69) is 42.6 Å². The first-order valence-corrected chi connectivity index (χ1v) is 7.99. The summed E-state index contributed by atoms with van der Waals surface area (Å²) in [6.45, 7) is 3.18. The molecule has 0 aliphatic heterocycles. The summed E-state index contributed by atoms with van der Waals surface area (Å²) in [5, 5.41) is 3.67. The number of hydrogen-bond acceptors (Lipinski definition) is 2. The first-order valence-electron chi connectivity index (χ1n) is 6.79. The van der Waals surface area contributed by atoms with E-state index in [1.807, 2.05) is 0 Å². The first-order chi connectivity index (χ1) is 9.22. The zero-order chi connectivity index (χ0) is 13.2. The Hall–Kier alpha value is -0.830. The minimum atomic E-state index is 0.503. The zero-order valence-electron chi connectivity index (χ0n) is 11.1. The number of nitrogens with one attached hydrogen (secondary N) is 1. The Bertz CT molecular complexity index is 576. The maximum absolute atomic E-state index is 6.08. The second kappa shape index (κ2) is 5.66. The molecule has 0 saturated carbocycles. The number of halogens is 1. The number of aryl methyl sites for hydroxylation is 2. The third-order valence-electron chi connectivity index (χ3n) is 3.73. The van der Waals surface area contributed by atoms with E-state index in [0.29, 0.717) is 6.04 Å². The van der Waals surface area contributed by atoms with E-state index < -0.39 is 0 Å². The predicted octanol–water partition coefficient (Wildman–Crippen LogP) is 4.53. The van der Waals surface area contributed by atoms with Crippen LogP contribution in [0.5, 0.6) is 0 Å². The third-order valence-corrected chi connectivity index (χ3v) is 5.07. The maximum Gasteiger partial charge on any atom is 0.0934 e. The Morgan fingerprint density at radius 2 is 2.26 bits per heavy atom. The molecule has 0 spiro atoms. The smallest absolute Gasteiger partial charge is 0.0934 e. The van der Waals surface area contributed by atoms with Crippen molar-refractivity contribution in [3.05, 3.63) is 56.2 Å². The maximum atomic E-state index is 6.08. The van der Waals surface area contributed by atoms with Crippen LogP contribution < -0.4 is 5.32 Å². The van der Waals surface area contributed by atoms with Gasteiger partial charge in [-0.25, -0.2) is 0 Å². The molecule has 19 heavy (non-hydrogen) atoms. The molecule has 1 heterocycles. The quantitative estimate of drug-likeness (QED) is 0.873. The lowest BCUT2D eigenvalue weighted by Crippen LogP contribution is -2.21. The standard InChI is InChI=1S/C16H18ClNS/c1-11-3-2-4-12(9-11)7-8-18-14-5-6-15-13(14)10-16(17)19-15/h2-4,9-10,14,18H,5-8H2,1H3. The molecule has 1 unspecified atom stereocenters. The lowest BCUT2D eigenvalue weighted by atomic mass is 10.1. The molecule has 2 aromatic rings. The largest absolute Gasteiger partial charge is 0.310 e. The first kappa shape index (κ1) is 13.2. The van der Waals surface area contributed by atoms with E-state index in [1.165, 1.54) is 34.4 Å². The van der Waals surface area contributed by atoms with Crippen LogP contribution in [0.25, 0.3) is 0 Å².